The molecule has 0 aromatic carbocycles. The van der Waals surface area contributed by atoms with Crippen LogP contribution in [0.4, 0.5) is 0 Å². The Bertz CT molecular complexity index is 158. The summed E-state index contributed by atoms with van der Waals surface area (Å²) < 4.78 is 5.39. The SMILES string of the molecule is CC[C@H]1OC[C@H](C)N1C(C)=O. The largest absolute Gasteiger partial charge is 0.356 e. The molecule has 1 saturated heterocycles. The Hall–Kier alpha value is -0.570. The quantitative estimate of drug-likeness (QED) is 0.568. The molecule has 1 heterocycles. The number of carbonyl (C=O) groups excluding carboxylic acids is 1. The van der Waals surface area contributed by atoms with Crippen molar-refractivity contribution in [2.75, 3.05) is 6.61 Å². The minimum atomic E-state index is 0.0162. The molecule has 0 aromatic heterocycles. The fourth-order valence-corrected chi connectivity index (χ4v) is 1.52. The molecule has 11 heavy (non-hydrogen) atoms. The highest BCUT2D eigenvalue weighted by Crippen LogP contribution is 2.18. The van der Waals surface area contributed by atoms with E-state index in [0.29, 0.717) is 6.61 Å². The van der Waals surface area contributed by atoms with E-state index in [1.165, 1.54) is 0 Å². The van der Waals surface area contributed by atoms with Crippen LogP contribution in [0.2, 0.25) is 0 Å². The predicted molar refractivity (Wildman–Crippen MR) is 42.0 cm³/mol. The second-order valence-corrected chi connectivity index (χ2v) is 2.97. The first-order valence-electron chi connectivity index (χ1n) is 4.07. The van der Waals surface area contributed by atoms with Gasteiger partial charge in [0.15, 0.2) is 0 Å². The highest BCUT2D eigenvalue weighted by atomic mass is 16.5. The van der Waals surface area contributed by atoms with Gasteiger partial charge in [0, 0.05) is 6.92 Å². The summed E-state index contributed by atoms with van der Waals surface area (Å²) in [5.41, 5.74) is 0. The number of rotatable bonds is 1. The molecule has 1 amide bonds. The maximum atomic E-state index is 11.1. The summed E-state index contributed by atoms with van der Waals surface area (Å²) >= 11 is 0. The minimum Gasteiger partial charge on any atom is -0.356 e. The normalized spacial score (nSPS) is 31.0. The number of hydrogen-bond donors (Lipinski definition) is 0. The molecule has 0 aliphatic carbocycles. The maximum absolute atomic E-state index is 11.1. The Labute approximate surface area is 67.3 Å². The summed E-state index contributed by atoms with van der Waals surface area (Å²) in [6.45, 7) is 6.31. The number of amides is 1. The molecule has 3 nitrogen and oxygen atoms in total. The Morgan fingerprint density at radius 1 is 1.73 bits per heavy atom. The number of hydrogen-bond acceptors (Lipinski definition) is 2. The van der Waals surface area contributed by atoms with Crippen LogP contribution in [0.15, 0.2) is 0 Å². The van der Waals surface area contributed by atoms with Crippen LogP contribution in [0.25, 0.3) is 0 Å². The van der Waals surface area contributed by atoms with Crippen molar-refractivity contribution in [3.05, 3.63) is 0 Å². The predicted octanol–water partition coefficient (Wildman–Crippen LogP) is 0.990. The molecule has 0 bridgehead atoms. The first-order valence-corrected chi connectivity index (χ1v) is 4.07. The van der Waals surface area contributed by atoms with E-state index in [-0.39, 0.29) is 18.2 Å². The van der Waals surface area contributed by atoms with Gasteiger partial charge in [0.25, 0.3) is 0 Å². The summed E-state index contributed by atoms with van der Waals surface area (Å²) in [4.78, 5) is 12.9. The molecule has 1 aliphatic heterocycles. The van der Waals surface area contributed by atoms with Crippen molar-refractivity contribution in [2.24, 2.45) is 0 Å². The summed E-state index contributed by atoms with van der Waals surface area (Å²) in [6, 6.07) is 0.248. The van der Waals surface area contributed by atoms with Gasteiger partial charge in [0.05, 0.1) is 12.6 Å². The van der Waals surface area contributed by atoms with Crippen molar-refractivity contribution >= 4 is 5.91 Å². The first-order chi connectivity index (χ1) is 5.16. The molecule has 1 rings (SSSR count). The molecule has 0 saturated carbocycles. The number of nitrogens with zero attached hydrogens (tertiary/aromatic N) is 1. The molecule has 3 heteroatoms. The van der Waals surface area contributed by atoms with Gasteiger partial charge >= 0.3 is 0 Å². The Morgan fingerprint density at radius 2 is 2.36 bits per heavy atom. The van der Waals surface area contributed by atoms with Crippen LogP contribution in [0.3, 0.4) is 0 Å². The van der Waals surface area contributed by atoms with E-state index in [2.05, 4.69) is 0 Å². The lowest BCUT2D eigenvalue weighted by Crippen LogP contribution is -2.38. The second-order valence-electron chi connectivity index (χ2n) is 2.97. The zero-order chi connectivity index (χ0) is 8.43. The standard InChI is InChI=1S/C8H15NO2/c1-4-8-9(7(3)10)6(2)5-11-8/h6,8H,4-5H2,1-3H3/t6-,8+/m0/s1. The third kappa shape index (κ3) is 1.53. The van der Waals surface area contributed by atoms with Crippen LogP contribution in [-0.2, 0) is 9.53 Å². The van der Waals surface area contributed by atoms with Crippen molar-refractivity contribution in [2.45, 2.75) is 39.5 Å². The van der Waals surface area contributed by atoms with Crippen LogP contribution in [-0.4, -0.2) is 29.7 Å². The summed E-state index contributed by atoms with van der Waals surface area (Å²) in [5.74, 6) is 0.113. The van der Waals surface area contributed by atoms with Gasteiger partial charge in [-0.3, -0.25) is 4.79 Å². The van der Waals surface area contributed by atoms with Crippen LogP contribution in [0.5, 0.6) is 0 Å². The van der Waals surface area contributed by atoms with Crippen molar-refractivity contribution in [1.82, 2.24) is 4.90 Å². The van der Waals surface area contributed by atoms with Crippen molar-refractivity contribution in [1.29, 1.82) is 0 Å². The molecule has 64 valence electrons. The van der Waals surface area contributed by atoms with Crippen LogP contribution in [0, 0.1) is 0 Å². The third-order valence-corrected chi connectivity index (χ3v) is 2.03. The van der Waals surface area contributed by atoms with Crippen molar-refractivity contribution < 1.29 is 9.53 Å². The molecule has 0 spiro atoms. The molecule has 0 radical (unpaired) electrons. The fraction of sp³-hybridized carbons (Fsp3) is 0.875. The van der Waals surface area contributed by atoms with Crippen molar-refractivity contribution in [3.8, 4) is 0 Å². The molecular formula is C8H15NO2. The third-order valence-electron chi connectivity index (χ3n) is 2.03. The van der Waals surface area contributed by atoms with Crippen LogP contribution in [0.1, 0.15) is 27.2 Å². The lowest BCUT2D eigenvalue weighted by molar-refractivity contribution is -0.135. The number of ether oxygens (including phenoxy) is 1. The van der Waals surface area contributed by atoms with Gasteiger partial charge in [-0.05, 0) is 13.3 Å². The average molecular weight is 157 g/mol. The van der Waals surface area contributed by atoms with Crippen LogP contribution >= 0.6 is 0 Å². The Balaban J connectivity index is 2.63. The Morgan fingerprint density at radius 3 is 2.73 bits per heavy atom. The van der Waals surface area contributed by atoms with E-state index < -0.39 is 0 Å². The lowest BCUT2D eigenvalue weighted by Gasteiger charge is -2.23. The topological polar surface area (TPSA) is 29.5 Å². The van der Waals surface area contributed by atoms with E-state index in [1.54, 1.807) is 11.8 Å². The first kappa shape index (κ1) is 8.53. The van der Waals surface area contributed by atoms with E-state index in [4.69, 9.17) is 4.74 Å². The average Bonchev–Trinajstić information content (AvgIpc) is 2.30. The molecule has 1 fully saturated rings. The van der Waals surface area contributed by atoms with Gasteiger partial charge in [0.1, 0.15) is 6.23 Å². The van der Waals surface area contributed by atoms with Gasteiger partial charge in [-0.2, -0.15) is 0 Å². The second kappa shape index (κ2) is 3.22. The zero-order valence-corrected chi connectivity index (χ0v) is 7.33. The van der Waals surface area contributed by atoms with Gasteiger partial charge < -0.3 is 9.64 Å². The van der Waals surface area contributed by atoms with Crippen molar-refractivity contribution in [3.63, 3.8) is 0 Å². The van der Waals surface area contributed by atoms with E-state index in [1.807, 2.05) is 13.8 Å². The van der Waals surface area contributed by atoms with E-state index >= 15 is 0 Å². The van der Waals surface area contributed by atoms with Gasteiger partial charge in [-0.1, -0.05) is 6.92 Å². The zero-order valence-electron chi connectivity index (χ0n) is 7.33. The monoisotopic (exact) mass is 157 g/mol. The van der Waals surface area contributed by atoms with Gasteiger partial charge in [0.2, 0.25) is 5.91 Å². The summed E-state index contributed by atoms with van der Waals surface area (Å²) in [7, 11) is 0. The summed E-state index contributed by atoms with van der Waals surface area (Å²) in [5, 5.41) is 0. The van der Waals surface area contributed by atoms with Crippen LogP contribution < -0.4 is 0 Å². The molecule has 0 N–H and O–H groups in total. The molecular weight excluding hydrogens is 142 g/mol. The molecule has 1 aliphatic rings. The fourth-order valence-electron chi connectivity index (χ4n) is 1.52. The van der Waals surface area contributed by atoms with E-state index in [9.17, 15) is 4.79 Å². The minimum absolute atomic E-state index is 0.0162. The summed E-state index contributed by atoms with van der Waals surface area (Å²) in [6.07, 6.45) is 0.895. The highest BCUT2D eigenvalue weighted by molar-refractivity contribution is 5.74. The highest BCUT2D eigenvalue weighted by Gasteiger charge is 2.31. The van der Waals surface area contributed by atoms with E-state index in [0.717, 1.165) is 6.42 Å². The molecule has 2 atom stereocenters. The lowest BCUT2D eigenvalue weighted by atomic mass is 10.3. The Kier molecular flexibility index (Phi) is 2.49. The molecule has 0 aromatic rings. The molecule has 0 unspecified atom stereocenters. The van der Waals surface area contributed by atoms with Gasteiger partial charge in [-0.25, -0.2) is 0 Å². The maximum Gasteiger partial charge on any atom is 0.221 e. The van der Waals surface area contributed by atoms with Gasteiger partial charge in [-0.15, -0.1) is 0 Å². The number of carbonyl (C=O) groups is 1. The smallest absolute Gasteiger partial charge is 0.221 e.